The number of aliphatic carboxylic acids is 1. The summed E-state index contributed by atoms with van der Waals surface area (Å²) in [5.74, 6) is -0.995. The Hall–Kier alpha value is -1.75. The quantitative estimate of drug-likeness (QED) is 0.923. The zero-order valence-corrected chi connectivity index (χ0v) is 11.7. The third kappa shape index (κ3) is 3.87. The van der Waals surface area contributed by atoms with Crippen molar-refractivity contribution >= 4 is 23.5 Å². The number of carboxylic acid groups (broad SMARTS) is 1. The van der Waals surface area contributed by atoms with Crippen molar-refractivity contribution in [2.45, 2.75) is 12.8 Å². The van der Waals surface area contributed by atoms with Gasteiger partial charge in [0.1, 0.15) is 5.75 Å². The molecule has 20 heavy (non-hydrogen) atoms. The van der Waals surface area contributed by atoms with Crippen molar-refractivity contribution in [3.63, 3.8) is 0 Å². The van der Waals surface area contributed by atoms with Crippen LogP contribution in [0.3, 0.4) is 0 Å². The van der Waals surface area contributed by atoms with Crippen LogP contribution in [0.5, 0.6) is 5.75 Å². The summed E-state index contributed by atoms with van der Waals surface area (Å²) in [6.45, 7) is 0.737. The maximum Gasteiger partial charge on any atom is 0.308 e. The van der Waals surface area contributed by atoms with E-state index in [1.54, 1.807) is 29.2 Å². The Kier molecular flexibility index (Phi) is 4.84. The number of nitrogens with zero attached hydrogens (tertiary/aromatic N) is 1. The monoisotopic (exact) mass is 297 g/mol. The molecule has 1 atom stereocenters. The molecule has 1 aliphatic heterocycles. The largest absolute Gasteiger partial charge is 0.484 e. The Morgan fingerprint density at radius 2 is 2.25 bits per heavy atom. The highest BCUT2D eigenvalue weighted by Crippen LogP contribution is 2.19. The number of hydrogen-bond acceptors (Lipinski definition) is 3. The van der Waals surface area contributed by atoms with Crippen molar-refractivity contribution in [3.05, 3.63) is 29.3 Å². The zero-order valence-electron chi connectivity index (χ0n) is 10.9. The molecule has 5 nitrogen and oxygen atoms in total. The molecule has 0 unspecified atom stereocenters. The molecule has 1 saturated heterocycles. The van der Waals surface area contributed by atoms with Crippen molar-refractivity contribution in [1.82, 2.24) is 4.90 Å². The molecule has 0 aliphatic carbocycles. The summed E-state index contributed by atoms with van der Waals surface area (Å²) in [6.07, 6.45) is 1.33. The van der Waals surface area contributed by atoms with Gasteiger partial charge in [0.15, 0.2) is 6.61 Å². The molecule has 1 N–H and O–H groups in total. The standard InChI is InChI=1S/C14H16ClNO4/c15-11-4-1-5-12(7-11)20-9-13(17)16-6-2-3-10(8-16)14(18)19/h1,4-5,7,10H,2-3,6,8-9H2,(H,18,19)/t10-/m0/s1. The summed E-state index contributed by atoms with van der Waals surface area (Å²) in [4.78, 5) is 24.5. The van der Waals surface area contributed by atoms with Crippen molar-refractivity contribution in [2.75, 3.05) is 19.7 Å². The van der Waals surface area contributed by atoms with Gasteiger partial charge < -0.3 is 14.7 Å². The van der Waals surface area contributed by atoms with Crippen LogP contribution in [0.4, 0.5) is 0 Å². The maximum absolute atomic E-state index is 12.0. The molecule has 0 radical (unpaired) electrons. The number of carboxylic acids is 1. The van der Waals surface area contributed by atoms with Gasteiger partial charge in [0.05, 0.1) is 5.92 Å². The molecule has 1 heterocycles. The number of carbonyl (C=O) groups is 2. The van der Waals surface area contributed by atoms with E-state index in [1.807, 2.05) is 0 Å². The highest BCUT2D eigenvalue weighted by atomic mass is 35.5. The van der Waals surface area contributed by atoms with Crippen molar-refractivity contribution in [2.24, 2.45) is 5.92 Å². The zero-order chi connectivity index (χ0) is 14.5. The highest BCUT2D eigenvalue weighted by Gasteiger charge is 2.28. The molecule has 6 heteroatoms. The average Bonchev–Trinajstić information content (AvgIpc) is 2.45. The van der Waals surface area contributed by atoms with E-state index in [4.69, 9.17) is 21.4 Å². The van der Waals surface area contributed by atoms with Crippen molar-refractivity contribution in [3.8, 4) is 5.75 Å². The number of halogens is 1. The second-order valence-electron chi connectivity index (χ2n) is 4.76. The predicted molar refractivity (Wildman–Crippen MR) is 73.9 cm³/mol. The molecule has 1 fully saturated rings. The fraction of sp³-hybridized carbons (Fsp3) is 0.429. The van der Waals surface area contributed by atoms with Gasteiger partial charge in [0.2, 0.25) is 0 Å². The number of carbonyl (C=O) groups excluding carboxylic acids is 1. The second kappa shape index (κ2) is 6.61. The molecule has 0 spiro atoms. The second-order valence-corrected chi connectivity index (χ2v) is 5.20. The molecule has 0 saturated carbocycles. The molecule has 1 aromatic rings. The van der Waals surface area contributed by atoms with Gasteiger partial charge in [-0.1, -0.05) is 17.7 Å². The van der Waals surface area contributed by atoms with Crippen LogP contribution < -0.4 is 4.74 Å². The molecule has 108 valence electrons. The number of benzene rings is 1. The van der Waals surface area contributed by atoms with E-state index < -0.39 is 11.9 Å². The van der Waals surface area contributed by atoms with Crippen LogP contribution in [0.25, 0.3) is 0 Å². The van der Waals surface area contributed by atoms with Crippen LogP contribution in [0, 0.1) is 5.92 Å². The minimum absolute atomic E-state index is 0.104. The van der Waals surface area contributed by atoms with Gasteiger partial charge in [0, 0.05) is 18.1 Å². The molecule has 2 rings (SSSR count). The van der Waals surface area contributed by atoms with Crippen LogP contribution in [0.2, 0.25) is 5.02 Å². The molecular weight excluding hydrogens is 282 g/mol. The van der Waals surface area contributed by atoms with Gasteiger partial charge in [-0.15, -0.1) is 0 Å². The lowest BCUT2D eigenvalue weighted by Crippen LogP contribution is -2.44. The Labute approximate surface area is 122 Å². The molecule has 1 aliphatic rings. The first-order valence-corrected chi connectivity index (χ1v) is 6.83. The highest BCUT2D eigenvalue weighted by molar-refractivity contribution is 6.30. The van der Waals surface area contributed by atoms with Crippen LogP contribution in [0.1, 0.15) is 12.8 Å². The van der Waals surface area contributed by atoms with Gasteiger partial charge in [-0.05, 0) is 31.0 Å². The Balaban J connectivity index is 1.87. The van der Waals surface area contributed by atoms with Crippen LogP contribution >= 0.6 is 11.6 Å². The third-order valence-electron chi connectivity index (χ3n) is 3.28. The van der Waals surface area contributed by atoms with Gasteiger partial charge in [-0.3, -0.25) is 9.59 Å². The van der Waals surface area contributed by atoms with Crippen LogP contribution in [-0.2, 0) is 9.59 Å². The predicted octanol–water partition coefficient (Wildman–Crippen LogP) is 2.04. The molecule has 0 aromatic heterocycles. The summed E-state index contributed by atoms with van der Waals surface area (Å²) in [6, 6.07) is 6.81. The van der Waals surface area contributed by atoms with E-state index >= 15 is 0 Å². The number of rotatable bonds is 4. The third-order valence-corrected chi connectivity index (χ3v) is 3.52. The fourth-order valence-electron chi connectivity index (χ4n) is 2.20. The van der Waals surface area contributed by atoms with E-state index in [-0.39, 0.29) is 19.1 Å². The minimum Gasteiger partial charge on any atom is -0.484 e. The lowest BCUT2D eigenvalue weighted by molar-refractivity contribution is -0.146. The fourth-order valence-corrected chi connectivity index (χ4v) is 2.38. The number of hydrogen-bond donors (Lipinski definition) is 1. The molecule has 1 amide bonds. The lowest BCUT2D eigenvalue weighted by atomic mass is 9.98. The van der Waals surface area contributed by atoms with E-state index in [9.17, 15) is 9.59 Å². The van der Waals surface area contributed by atoms with E-state index in [2.05, 4.69) is 0 Å². The first kappa shape index (κ1) is 14.7. The van der Waals surface area contributed by atoms with E-state index in [0.717, 1.165) is 0 Å². The lowest BCUT2D eigenvalue weighted by Gasteiger charge is -2.30. The minimum atomic E-state index is -0.849. The number of ether oxygens (including phenoxy) is 1. The molecular formula is C14H16ClNO4. The summed E-state index contributed by atoms with van der Waals surface area (Å²) < 4.78 is 5.37. The SMILES string of the molecule is O=C(O)[C@H]1CCCN(C(=O)COc2cccc(Cl)c2)C1. The van der Waals surface area contributed by atoms with Crippen molar-refractivity contribution in [1.29, 1.82) is 0 Å². The first-order valence-electron chi connectivity index (χ1n) is 6.45. The molecule has 0 bridgehead atoms. The van der Waals surface area contributed by atoms with Crippen LogP contribution in [-0.4, -0.2) is 41.6 Å². The Bertz CT molecular complexity index is 506. The average molecular weight is 298 g/mol. The number of amides is 1. The summed E-state index contributed by atoms with van der Waals surface area (Å²) in [5.41, 5.74) is 0. The number of likely N-dealkylation sites (tertiary alicyclic amines) is 1. The van der Waals surface area contributed by atoms with Gasteiger partial charge in [-0.25, -0.2) is 0 Å². The van der Waals surface area contributed by atoms with Crippen molar-refractivity contribution < 1.29 is 19.4 Å². The Morgan fingerprint density at radius 1 is 1.45 bits per heavy atom. The summed E-state index contributed by atoms with van der Waals surface area (Å²) in [5, 5.41) is 9.53. The first-order chi connectivity index (χ1) is 9.56. The normalized spacial score (nSPS) is 18.6. The maximum atomic E-state index is 12.0. The van der Waals surface area contributed by atoms with Gasteiger partial charge in [0.25, 0.3) is 5.91 Å². The smallest absolute Gasteiger partial charge is 0.308 e. The van der Waals surface area contributed by atoms with Crippen LogP contribution in [0.15, 0.2) is 24.3 Å². The Morgan fingerprint density at radius 3 is 2.95 bits per heavy atom. The topological polar surface area (TPSA) is 66.8 Å². The summed E-state index contributed by atoms with van der Waals surface area (Å²) >= 11 is 5.82. The van der Waals surface area contributed by atoms with Gasteiger partial charge in [-0.2, -0.15) is 0 Å². The summed E-state index contributed by atoms with van der Waals surface area (Å²) in [7, 11) is 0. The molecule has 1 aromatic carbocycles. The van der Waals surface area contributed by atoms with E-state index in [1.165, 1.54) is 0 Å². The van der Waals surface area contributed by atoms with E-state index in [0.29, 0.717) is 30.2 Å². The number of piperidine rings is 1. The van der Waals surface area contributed by atoms with Gasteiger partial charge >= 0.3 is 5.97 Å².